The van der Waals surface area contributed by atoms with Gasteiger partial charge in [-0.05, 0) is 66.1 Å². The highest BCUT2D eigenvalue weighted by atomic mass is 32.2. The number of nitrogens with one attached hydrogen (secondary N) is 2. The minimum absolute atomic E-state index is 0.0116. The number of carbonyl (C=O) groups is 2. The number of piperidine rings is 1. The molecular weight excluding hydrogens is 408 g/mol. The van der Waals surface area contributed by atoms with Gasteiger partial charge in [0.25, 0.3) is 10.1 Å². The summed E-state index contributed by atoms with van der Waals surface area (Å²) in [6.07, 6.45) is -0.512. The normalized spacial score (nSPS) is 19.6. The summed E-state index contributed by atoms with van der Waals surface area (Å²) in [6, 6.07) is 5.27. The Bertz CT molecular complexity index is 839. The highest BCUT2D eigenvalue weighted by molar-refractivity contribution is 7.86. The predicted molar refractivity (Wildman–Crippen MR) is 113 cm³/mol. The largest absolute Gasteiger partial charge is 0.444 e. The van der Waals surface area contributed by atoms with Gasteiger partial charge in [-0.2, -0.15) is 8.42 Å². The minimum Gasteiger partial charge on any atom is -0.444 e. The van der Waals surface area contributed by atoms with Crippen LogP contribution in [-0.4, -0.2) is 51.1 Å². The molecule has 1 heterocycles. The molecule has 3 atom stereocenters. The van der Waals surface area contributed by atoms with E-state index in [9.17, 15) is 18.0 Å². The number of carbonyl (C=O) groups excluding carboxylic acids is 2. The van der Waals surface area contributed by atoms with E-state index in [-0.39, 0.29) is 10.8 Å². The van der Waals surface area contributed by atoms with Gasteiger partial charge in [0.2, 0.25) is 0 Å². The van der Waals surface area contributed by atoms with Crippen LogP contribution in [0.4, 0.5) is 4.79 Å². The Morgan fingerprint density at radius 2 is 1.83 bits per heavy atom. The van der Waals surface area contributed by atoms with Crippen LogP contribution in [0.2, 0.25) is 0 Å². The summed E-state index contributed by atoms with van der Waals surface area (Å²) in [5, 5.41) is 5.66. The molecule has 1 fully saturated rings. The van der Waals surface area contributed by atoms with Gasteiger partial charge >= 0.3 is 6.09 Å². The van der Waals surface area contributed by atoms with Crippen molar-refractivity contribution in [3.05, 3.63) is 29.8 Å². The molecule has 1 aliphatic heterocycles. The van der Waals surface area contributed by atoms with Gasteiger partial charge < -0.3 is 15.4 Å². The Morgan fingerprint density at radius 1 is 1.20 bits per heavy atom. The molecule has 0 radical (unpaired) electrons. The number of hydrogen-bond acceptors (Lipinski definition) is 7. The second kappa shape index (κ2) is 9.89. The topological polar surface area (TPSA) is 111 Å². The zero-order valence-electron chi connectivity index (χ0n) is 18.2. The van der Waals surface area contributed by atoms with Crippen molar-refractivity contribution in [3.63, 3.8) is 0 Å². The Morgan fingerprint density at radius 3 is 2.37 bits per heavy atom. The molecule has 0 saturated carbocycles. The molecule has 2 rings (SSSR count). The molecule has 30 heavy (non-hydrogen) atoms. The minimum atomic E-state index is -4.15. The maximum atomic E-state index is 13.1. The van der Waals surface area contributed by atoms with E-state index in [1.807, 2.05) is 6.92 Å². The number of amides is 1. The second-order valence-electron chi connectivity index (χ2n) is 8.66. The van der Waals surface area contributed by atoms with Gasteiger partial charge in [0.05, 0.1) is 10.9 Å². The number of rotatable bonds is 7. The number of ketones is 1. The van der Waals surface area contributed by atoms with Gasteiger partial charge in [-0.25, -0.2) is 4.79 Å². The smallest absolute Gasteiger partial charge is 0.408 e. The first-order chi connectivity index (χ1) is 13.9. The highest BCUT2D eigenvalue weighted by Gasteiger charge is 2.38. The average molecular weight is 441 g/mol. The highest BCUT2D eigenvalue weighted by Crippen LogP contribution is 2.24. The number of aryl methyl sites for hydroxylation is 1. The third kappa shape index (κ3) is 7.07. The van der Waals surface area contributed by atoms with Crippen LogP contribution in [0, 0.1) is 12.8 Å². The molecule has 1 amide bonds. The van der Waals surface area contributed by atoms with E-state index in [1.54, 1.807) is 32.9 Å². The number of Topliss-reactive ketones (excluding diaryl/α,β-unsaturated/α-hetero) is 1. The molecule has 1 aliphatic rings. The zero-order valence-corrected chi connectivity index (χ0v) is 19.0. The van der Waals surface area contributed by atoms with Crippen LogP contribution in [0.15, 0.2) is 29.2 Å². The summed E-state index contributed by atoms with van der Waals surface area (Å²) in [5.74, 6) is -0.834. The number of benzene rings is 1. The fourth-order valence-corrected chi connectivity index (χ4v) is 4.30. The van der Waals surface area contributed by atoms with E-state index in [2.05, 4.69) is 10.6 Å². The van der Waals surface area contributed by atoms with Crippen LogP contribution in [0.3, 0.4) is 0 Å². The van der Waals surface area contributed by atoms with Gasteiger partial charge in [0.15, 0.2) is 5.78 Å². The van der Waals surface area contributed by atoms with Crippen molar-refractivity contribution in [3.8, 4) is 0 Å². The van der Waals surface area contributed by atoms with E-state index >= 15 is 0 Å². The lowest BCUT2D eigenvalue weighted by Crippen LogP contribution is -2.51. The molecule has 0 aliphatic carbocycles. The Balaban J connectivity index is 2.20. The molecular formula is C21H32N2O6S. The molecule has 1 aromatic carbocycles. The first kappa shape index (κ1) is 24.3. The lowest BCUT2D eigenvalue weighted by atomic mass is 9.89. The summed E-state index contributed by atoms with van der Waals surface area (Å²) in [5.41, 5.74) is 0.193. The summed E-state index contributed by atoms with van der Waals surface area (Å²) < 4.78 is 36.3. The van der Waals surface area contributed by atoms with Gasteiger partial charge in [-0.3, -0.25) is 8.98 Å². The third-order valence-electron chi connectivity index (χ3n) is 4.74. The van der Waals surface area contributed by atoms with E-state index in [0.717, 1.165) is 18.5 Å². The van der Waals surface area contributed by atoms with E-state index < -0.39 is 39.7 Å². The van der Waals surface area contributed by atoms with Crippen LogP contribution in [0.5, 0.6) is 0 Å². The summed E-state index contributed by atoms with van der Waals surface area (Å²) in [6.45, 7) is 9.75. The molecule has 8 nitrogen and oxygen atoms in total. The van der Waals surface area contributed by atoms with Crippen LogP contribution in [0.1, 0.15) is 46.1 Å². The van der Waals surface area contributed by atoms with E-state index in [4.69, 9.17) is 8.92 Å². The molecule has 0 bridgehead atoms. The van der Waals surface area contributed by atoms with Crippen molar-refractivity contribution in [2.75, 3.05) is 13.1 Å². The van der Waals surface area contributed by atoms with Crippen molar-refractivity contribution in [2.24, 2.45) is 5.92 Å². The molecule has 168 valence electrons. The summed E-state index contributed by atoms with van der Waals surface area (Å²) >= 11 is 0. The first-order valence-electron chi connectivity index (χ1n) is 10.1. The standard InChI is InChI=1S/C21H32N2O6S/c1-14-8-10-17(11-9-14)30(26,27)29-19(16-7-6-12-22-13-16)18(24)15(2)23-20(25)28-21(3,4)5/h8-11,15-16,19,22H,6-7,12-13H2,1-5H3,(H,23,25). The number of alkyl carbamates (subject to hydrolysis) is 1. The van der Waals surface area contributed by atoms with Crippen LogP contribution in [0.25, 0.3) is 0 Å². The molecule has 9 heteroatoms. The van der Waals surface area contributed by atoms with Crippen molar-refractivity contribution >= 4 is 22.0 Å². The van der Waals surface area contributed by atoms with E-state index in [1.165, 1.54) is 19.1 Å². The van der Waals surface area contributed by atoms with Crippen molar-refractivity contribution in [2.45, 2.75) is 70.1 Å². The molecule has 0 spiro atoms. The quantitative estimate of drug-likeness (QED) is 0.627. The Hall–Kier alpha value is -1.97. The first-order valence-corrected chi connectivity index (χ1v) is 11.5. The van der Waals surface area contributed by atoms with E-state index in [0.29, 0.717) is 13.0 Å². The lowest BCUT2D eigenvalue weighted by Gasteiger charge is -2.31. The molecule has 1 saturated heterocycles. The van der Waals surface area contributed by atoms with Crippen LogP contribution in [-0.2, 0) is 23.8 Å². The summed E-state index contributed by atoms with van der Waals surface area (Å²) in [4.78, 5) is 25.2. The Kier molecular flexibility index (Phi) is 8.01. The van der Waals surface area contributed by atoms with Gasteiger partial charge in [0.1, 0.15) is 11.7 Å². The molecule has 3 unspecified atom stereocenters. The lowest BCUT2D eigenvalue weighted by molar-refractivity contribution is -0.130. The monoisotopic (exact) mass is 440 g/mol. The van der Waals surface area contributed by atoms with Gasteiger partial charge in [0, 0.05) is 12.5 Å². The van der Waals surface area contributed by atoms with Crippen molar-refractivity contribution in [1.29, 1.82) is 0 Å². The summed E-state index contributed by atoms with van der Waals surface area (Å²) in [7, 11) is -4.15. The third-order valence-corrected chi connectivity index (χ3v) is 6.05. The molecule has 0 aromatic heterocycles. The fourth-order valence-electron chi connectivity index (χ4n) is 3.19. The van der Waals surface area contributed by atoms with Crippen LogP contribution < -0.4 is 10.6 Å². The second-order valence-corrected chi connectivity index (χ2v) is 10.2. The van der Waals surface area contributed by atoms with Crippen molar-refractivity contribution in [1.82, 2.24) is 10.6 Å². The maximum Gasteiger partial charge on any atom is 0.408 e. The zero-order chi connectivity index (χ0) is 22.5. The maximum absolute atomic E-state index is 13.1. The van der Waals surface area contributed by atoms with Gasteiger partial charge in [-0.1, -0.05) is 17.7 Å². The van der Waals surface area contributed by atoms with Crippen LogP contribution >= 0.6 is 0 Å². The Labute approximate surface area is 178 Å². The fraction of sp³-hybridized carbons (Fsp3) is 0.619. The van der Waals surface area contributed by atoms with Crippen molar-refractivity contribution < 1.29 is 26.9 Å². The predicted octanol–water partition coefficient (Wildman–Crippen LogP) is 2.55. The molecule has 2 N–H and O–H groups in total. The number of hydrogen-bond donors (Lipinski definition) is 2. The molecule has 1 aromatic rings. The number of ether oxygens (including phenoxy) is 1. The SMILES string of the molecule is Cc1ccc(S(=O)(=O)OC(C(=O)C(C)NC(=O)OC(C)(C)C)C2CCCNC2)cc1. The average Bonchev–Trinajstić information content (AvgIpc) is 2.65. The van der Waals surface area contributed by atoms with Gasteiger partial charge in [-0.15, -0.1) is 0 Å².